The number of hydrogen-bond donors (Lipinski definition) is 0. The Hall–Kier alpha value is -3.72. The van der Waals surface area contributed by atoms with Crippen molar-refractivity contribution >= 4 is 43.7 Å². The second kappa shape index (κ2) is 21.9. The SMILES string of the molecule is CCCOCCOCCOS(=O)(=O)c1ccc(C)cc1.CCCOCCOCCOc1ccc2c3ccc(N(C)C)cc3n(C(=O)OC(C)(C)C)c2c1. The summed E-state index contributed by atoms with van der Waals surface area (Å²) in [6.07, 6.45) is 1.56. The Morgan fingerprint density at radius 2 is 1.19 bits per heavy atom. The lowest BCUT2D eigenvalue weighted by atomic mass is 10.1. The van der Waals surface area contributed by atoms with Gasteiger partial charge >= 0.3 is 6.09 Å². The minimum Gasteiger partial charge on any atom is -0.491 e. The van der Waals surface area contributed by atoms with Gasteiger partial charge in [-0.2, -0.15) is 8.42 Å². The van der Waals surface area contributed by atoms with Gasteiger partial charge in [-0.05, 0) is 76.9 Å². The smallest absolute Gasteiger partial charge is 0.419 e. The third-order valence-corrected chi connectivity index (χ3v) is 8.85. The monoisotopic (exact) mass is 758 g/mol. The van der Waals surface area contributed by atoms with E-state index in [4.69, 9.17) is 32.6 Å². The fraction of sp³-hybridized carbons (Fsp3) is 0.525. The highest BCUT2D eigenvalue weighted by molar-refractivity contribution is 7.86. The quantitative estimate of drug-likeness (QED) is 0.0654. The molecule has 1 aromatic heterocycles. The van der Waals surface area contributed by atoms with Crippen molar-refractivity contribution in [3.8, 4) is 5.75 Å². The van der Waals surface area contributed by atoms with E-state index in [9.17, 15) is 13.2 Å². The highest BCUT2D eigenvalue weighted by Crippen LogP contribution is 2.34. The van der Waals surface area contributed by atoms with Gasteiger partial charge in [0.05, 0.1) is 62.2 Å². The molecule has 0 saturated carbocycles. The van der Waals surface area contributed by atoms with E-state index < -0.39 is 21.8 Å². The van der Waals surface area contributed by atoms with Gasteiger partial charge in [0, 0.05) is 49.8 Å². The van der Waals surface area contributed by atoms with Crippen LogP contribution in [0.25, 0.3) is 21.8 Å². The van der Waals surface area contributed by atoms with Crippen LogP contribution in [-0.4, -0.2) is 105 Å². The molecule has 53 heavy (non-hydrogen) atoms. The first-order chi connectivity index (χ1) is 25.3. The van der Waals surface area contributed by atoms with Crippen molar-refractivity contribution in [3.05, 3.63) is 66.2 Å². The Balaban J connectivity index is 0.000000324. The van der Waals surface area contributed by atoms with Gasteiger partial charge in [0.15, 0.2) is 0 Å². The van der Waals surface area contributed by atoms with E-state index in [2.05, 4.69) is 6.92 Å². The molecule has 3 aromatic carbocycles. The summed E-state index contributed by atoms with van der Waals surface area (Å²) in [6, 6.07) is 18.4. The molecule has 0 aliphatic carbocycles. The maximum Gasteiger partial charge on any atom is 0.419 e. The summed E-state index contributed by atoms with van der Waals surface area (Å²) in [7, 11) is 0.266. The summed E-state index contributed by atoms with van der Waals surface area (Å²) in [6.45, 7) is 16.3. The molecule has 0 saturated heterocycles. The average molecular weight is 759 g/mol. The van der Waals surface area contributed by atoms with Gasteiger partial charge in [-0.3, -0.25) is 4.18 Å². The molecule has 4 aromatic rings. The first kappa shape index (κ1) is 43.7. The van der Waals surface area contributed by atoms with Crippen molar-refractivity contribution in [2.75, 3.05) is 85.1 Å². The molecule has 0 aliphatic rings. The van der Waals surface area contributed by atoms with Crippen molar-refractivity contribution in [2.24, 2.45) is 0 Å². The minimum atomic E-state index is -3.69. The Bertz CT molecular complexity index is 1800. The molecule has 1 heterocycles. The van der Waals surface area contributed by atoms with E-state index in [1.807, 2.05) is 90.0 Å². The van der Waals surface area contributed by atoms with E-state index in [1.54, 1.807) is 16.7 Å². The zero-order chi connectivity index (χ0) is 38.9. The number of aryl methyl sites for hydroxylation is 1. The van der Waals surface area contributed by atoms with Gasteiger partial charge in [-0.1, -0.05) is 37.6 Å². The summed E-state index contributed by atoms with van der Waals surface area (Å²) in [4.78, 5) is 15.4. The van der Waals surface area contributed by atoms with Gasteiger partial charge in [0.2, 0.25) is 0 Å². The van der Waals surface area contributed by atoms with E-state index in [0.717, 1.165) is 52.5 Å². The van der Waals surface area contributed by atoms with Crippen LogP contribution < -0.4 is 9.64 Å². The molecule has 0 fully saturated rings. The summed E-state index contributed by atoms with van der Waals surface area (Å²) in [5.74, 6) is 0.675. The van der Waals surface area contributed by atoms with Crippen LogP contribution >= 0.6 is 0 Å². The molecular weight excluding hydrogens is 701 g/mol. The number of ether oxygens (including phenoxy) is 6. The Morgan fingerprint density at radius 1 is 0.679 bits per heavy atom. The Kier molecular flexibility index (Phi) is 18.0. The van der Waals surface area contributed by atoms with Crippen molar-refractivity contribution in [2.45, 2.75) is 64.9 Å². The van der Waals surface area contributed by atoms with Crippen LogP contribution in [-0.2, 0) is 38.0 Å². The number of carbonyl (C=O) groups excluding carboxylic acids is 1. The summed E-state index contributed by atoms with van der Waals surface area (Å²) < 4.78 is 63.2. The predicted molar refractivity (Wildman–Crippen MR) is 209 cm³/mol. The average Bonchev–Trinajstić information content (AvgIpc) is 3.43. The first-order valence-corrected chi connectivity index (χ1v) is 19.6. The van der Waals surface area contributed by atoms with Gasteiger partial charge in [-0.25, -0.2) is 9.36 Å². The summed E-state index contributed by atoms with van der Waals surface area (Å²) in [5, 5.41) is 1.96. The van der Waals surface area contributed by atoms with E-state index in [1.165, 1.54) is 12.1 Å². The highest BCUT2D eigenvalue weighted by Gasteiger charge is 2.23. The molecule has 12 nitrogen and oxygen atoms in total. The van der Waals surface area contributed by atoms with Crippen LogP contribution in [0.1, 0.15) is 53.0 Å². The number of aromatic nitrogens is 1. The molecule has 13 heteroatoms. The van der Waals surface area contributed by atoms with Crippen molar-refractivity contribution in [1.82, 2.24) is 4.57 Å². The lowest BCUT2D eigenvalue weighted by Gasteiger charge is -2.20. The fourth-order valence-electron chi connectivity index (χ4n) is 4.99. The lowest BCUT2D eigenvalue weighted by molar-refractivity contribution is 0.0366. The molecule has 0 aliphatic heterocycles. The molecule has 0 unspecified atom stereocenters. The number of nitrogens with zero attached hydrogens (tertiary/aromatic N) is 2. The van der Waals surface area contributed by atoms with Crippen molar-refractivity contribution in [3.63, 3.8) is 0 Å². The summed E-state index contributed by atoms with van der Waals surface area (Å²) >= 11 is 0. The van der Waals surface area contributed by atoms with Gasteiger partial charge in [0.1, 0.15) is 18.0 Å². The minimum absolute atomic E-state index is 0.00396. The zero-order valence-corrected chi connectivity index (χ0v) is 33.5. The molecule has 294 valence electrons. The van der Waals surface area contributed by atoms with Gasteiger partial charge in [0.25, 0.3) is 10.1 Å². The molecular formula is C40H58N2O10S. The number of fused-ring (bicyclic) bond motifs is 3. The standard InChI is InChI=1S/C26H36N2O5.C14H22O5S/c1-7-12-30-13-14-31-15-16-32-20-9-11-22-21-10-8-19(27(5)6)17-23(21)28(24(22)18-20)25(29)33-26(2,3)4;1-3-8-17-9-10-18-11-12-19-20(15,16)14-6-4-13(2)5-7-14/h8-11,17-18H,7,12-16H2,1-6H3;4-7H,3,8-12H2,1-2H3. The molecule has 0 N–H and O–H groups in total. The van der Waals surface area contributed by atoms with Crippen LogP contribution in [0.2, 0.25) is 0 Å². The predicted octanol–water partition coefficient (Wildman–Crippen LogP) is 7.61. The first-order valence-electron chi connectivity index (χ1n) is 18.2. The number of benzene rings is 3. The third-order valence-electron chi connectivity index (χ3n) is 7.53. The van der Waals surface area contributed by atoms with Crippen LogP contribution in [0.3, 0.4) is 0 Å². The summed E-state index contributed by atoms with van der Waals surface area (Å²) in [5.41, 5.74) is 2.96. The van der Waals surface area contributed by atoms with E-state index in [-0.39, 0.29) is 18.1 Å². The Morgan fingerprint density at radius 3 is 1.74 bits per heavy atom. The molecule has 0 bridgehead atoms. The highest BCUT2D eigenvalue weighted by atomic mass is 32.2. The largest absolute Gasteiger partial charge is 0.491 e. The maximum absolute atomic E-state index is 13.2. The number of carbonyl (C=O) groups is 1. The van der Waals surface area contributed by atoms with Crippen molar-refractivity contribution in [1.29, 1.82) is 0 Å². The Labute approximate surface area is 315 Å². The molecule has 0 radical (unpaired) electrons. The second-order valence-corrected chi connectivity index (χ2v) is 15.1. The second-order valence-electron chi connectivity index (χ2n) is 13.5. The number of rotatable bonds is 20. The zero-order valence-electron chi connectivity index (χ0n) is 32.6. The number of hydrogen-bond acceptors (Lipinski definition) is 11. The normalized spacial score (nSPS) is 11.8. The maximum atomic E-state index is 13.2. The van der Waals surface area contributed by atoms with Gasteiger partial charge in [-0.15, -0.1) is 0 Å². The topological polar surface area (TPSA) is 124 Å². The van der Waals surface area contributed by atoms with E-state index >= 15 is 0 Å². The molecule has 4 rings (SSSR count). The van der Waals surface area contributed by atoms with Crippen molar-refractivity contribution < 1.29 is 45.8 Å². The van der Waals surface area contributed by atoms with E-state index in [0.29, 0.717) is 52.0 Å². The van der Waals surface area contributed by atoms with Crippen LogP contribution in [0.5, 0.6) is 5.75 Å². The lowest BCUT2D eigenvalue weighted by Crippen LogP contribution is -2.27. The van der Waals surface area contributed by atoms with Crippen LogP contribution in [0.15, 0.2) is 65.6 Å². The molecule has 0 amide bonds. The van der Waals surface area contributed by atoms with Crippen LogP contribution in [0.4, 0.5) is 10.5 Å². The van der Waals surface area contributed by atoms with Gasteiger partial charge < -0.3 is 33.3 Å². The molecule has 0 atom stereocenters. The van der Waals surface area contributed by atoms with Crippen LogP contribution in [0, 0.1) is 6.92 Å². The number of anilines is 1. The molecule has 0 spiro atoms. The third kappa shape index (κ3) is 14.6. The fourth-order valence-corrected chi connectivity index (χ4v) is 5.88.